The maximum absolute atomic E-state index is 6.13. The molecule has 0 amide bonds. The van der Waals surface area contributed by atoms with Crippen LogP contribution in [-0.2, 0) is 14.2 Å². The second-order valence-corrected chi connectivity index (χ2v) is 6.66. The van der Waals surface area contributed by atoms with Gasteiger partial charge in [-0.05, 0) is 40.5 Å². The highest BCUT2D eigenvalue weighted by Gasteiger charge is 2.21. The van der Waals surface area contributed by atoms with Gasteiger partial charge in [-0.25, -0.2) is 0 Å². The highest BCUT2D eigenvalue weighted by molar-refractivity contribution is 4.69. The van der Waals surface area contributed by atoms with Gasteiger partial charge in [0.05, 0.1) is 25.4 Å². The summed E-state index contributed by atoms with van der Waals surface area (Å²) in [5, 5.41) is 0. The molecule has 0 aromatic carbocycles. The maximum Gasteiger partial charge on any atom is 0.0596 e. The normalized spacial score (nSPS) is 17.0. The minimum Gasteiger partial charge on any atom is -0.381 e. The van der Waals surface area contributed by atoms with Gasteiger partial charge in [0.25, 0.3) is 0 Å². The van der Waals surface area contributed by atoms with Crippen molar-refractivity contribution in [2.24, 2.45) is 11.8 Å². The zero-order valence-electron chi connectivity index (χ0n) is 16.6. The van der Waals surface area contributed by atoms with Gasteiger partial charge in [-0.15, -0.1) is 0 Å². The molecule has 0 aliphatic carbocycles. The molecular formula is C20H42O3. The number of unbranched alkanes of at least 4 members (excludes halogenated alkanes) is 2. The van der Waals surface area contributed by atoms with Crippen molar-refractivity contribution in [1.82, 2.24) is 0 Å². The molecule has 0 heterocycles. The molecule has 23 heavy (non-hydrogen) atoms. The molecule has 0 aliphatic rings. The van der Waals surface area contributed by atoms with Gasteiger partial charge < -0.3 is 14.2 Å². The average Bonchev–Trinajstić information content (AvgIpc) is 2.53. The van der Waals surface area contributed by atoms with Crippen LogP contribution < -0.4 is 0 Å². The Morgan fingerprint density at radius 1 is 0.652 bits per heavy atom. The molecule has 4 unspecified atom stereocenters. The Hall–Kier alpha value is -0.120. The van der Waals surface area contributed by atoms with Crippen LogP contribution in [0, 0.1) is 11.8 Å². The number of ether oxygens (including phenoxy) is 3. The standard InChI is InChI=1S/C20H42O3/c1-7-11-13-19(17(5)22-9-3)15-21-16-20(14-12-8-2)18(6)23-10-4/h17-20H,7-16H2,1-6H3. The summed E-state index contributed by atoms with van der Waals surface area (Å²) in [4.78, 5) is 0. The van der Waals surface area contributed by atoms with Crippen molar-refractivity contribution in [3.05, 3.63) is 0 Å². The zero-order valence-corrected chi connectivity index (χ0v) is 16.6. The van der Waals surface area contributed by atoms with Crippen LogP contribution in [0.1, 0.15) is 80.1 Å². The summed E-state index contributed by atoms with van der Waals surface area (Å²) >= 11 is 0. The van der Waals surface area contributed by atoms with Gasteiger partial charge in [0.15, 0.2) is 0 Å². The predicted molar refractivity (Wildman–Crippen MR) is 99.0 cm³/mol. The van der Waals surface area contributed by atoms with E-state index >= 15 is 0 Å². The van der Waals surface area contributed by atoms with E-state index in [-0.39, 0.29) is 12.2 Å². The average molecular weight is 331 g/mol. The molecule has 0 rings (SSSR count). The summed E-state index contributed by atoms with van der Waals surface area (Å²) in [6, 6.07) is 0. The Kier molecular flexibility index (Phi) is 15.3. The maximum atomic E-state index is 6.13. The molecule has 0 radical (unpaired) electrons. The third-order valence-electron chi connectivity index (χ3n) is 4.71. The van der Waals surface area contributed by atoms with E-state index in [1.165, 1.54) is 38.5 Å². The largest absolute Gasteiger partial charge is 0.381 e. The Balaban J connectivity index is 4.35. The summed E-state index contributed by atoms with van der Waals surface area (Å²) in [5.74, 6) is 1.01. The Bertz CT molecular complexity index is 221. The lowest BCUT2D eigenvalue weighted by atomic mass is 9.96. The molecule has 3 heteroatoms. The van der Waals surface area contributed by atoms with Crippen molar-refractivity contribution in [1.29, 1.82) is 0 Å². The van der Waals surface area contributed by atoms with E-state index in [2.05, 4.69) is 41.5 Å². The summed E-state index contributed by atoms with van der Waals surface area (Å²) < 4.78 is 17.7. The van der Waals surface area contributed by atoms with Crippen molar-refractivity contribution in [2.45, 2.75) is 92.3 Å². The van der Waals surface area contributed by atoms with Gasteiger partial charge in [0, 0.05) is 25.0 Å². The zero-order chi connectivity index (χ0) is 17.5. The van der Waals surface area contributed by atoms with Crippen LogP contribution in [0.4, 0.5) is 0 Å². The van der Waals surface area contributed by atoms with Crippen LogP contribution in [0.25, 0.3) is 0 Å². The lowest BCUT2D eigenvalue weighted by Crippen LogP contribution is -2.29. The van der Waals surface area contributed by atoms with Gasteiger partial charge in [0.1, 0.15) is 0 Å². The molecule has 0 saturated carbocycles. The van der Waals surface area contributed by atoms with Crippen molar-refractivity contribution in [3.8, 4) is 0 Å². The van der Waals surface area contributed by atoms with E-state index in [0.717, 1.165) is 26.4 Å². The van der Waals surface area contributed by atoms with E-state index < -0.39 is 0 Å². The van der Waals surface area contributed by atoms with E-state index in [1.807, 2.05) is 0 Å². The van der Waals surface area contributed by atoms with Gasteiger partial charge in [0.2, 0.25) is 0 Å². The summed E-state index contributed by atoms with van der Waals surface area (Å²) in [6.07, 6.45) is 7.91. The van der Waals surface area contributed by atoms with Crippen LogP contribution in [0.15, 0.2) is 0 Å². The third kappa shape index (κ3) is 11.1. The second-order valence-electron chi connectivity index (χ2n) is 6.66. The first-order chi connectivity index (χ1) is 11.1. The Labute approximate surface area is 145 Å². The van der Waals surface area contributed by atoms with E-state index in [4.69, 9.17) is 14.2 Å². The lowest BCUT2D eigenvalue weighted by Gasteiger charge is -2.27. The molecule has 0 spiro atoms. The molecule has 4 atom stereocenters. The summed E-state index contributed by atoms with van der Waals surface area (Å²) in [5.41, 5.74) is 0. The number of rotatable bonds is 16. The SMILES string of the molecule is CCCCC(COCC(CCCC)C(C)OCC)C(C)OCC. The van der Waals surface area contributed by atoms with Crippen LogP contribution in [0.3, 0.4) is 0 Å². The van der Waals surface area contributed by atoms with Crippen molar-refractivity contribution in [3.63, 3.8) is 0 Å². The second kappa shape index (κ2) is 15.4. The van der Waals surface area contributed by atoms with Crippen molar-refractivity contribution in [2.75, 3.05) is 26.4 Å². The minimum absolute atomic E-state index is 0.282. The highest BCUT2D eigenvalue weighted by Crippen LogP contribution is 2.20. The summed E-state index contributed by atoms with van der Waals surface area (Å²) in [6.45, 7) is 16.2. The van der Waals surface area contributed by atoms with Gasteiger partial charge in [-0.1, -0.05) is 39.5 Å². The topological polar surface area (TPSA) is 27.7 Å². The first-order valence-corrected chi connectivity index (χ1v) is 9.91. The molecule has 140 valence electrons. The van der Waals surface area contributed by atoms with Crippen LogP contribution in [0.2, 0.25) is 0 Å². The first-order valence-electron chi connectivity index (χ1n) is 9.91. The highest BCUT2D eigenvalue weighted by atomic mass is 16.5. The van der Waals surface area contributed by atoms with E-state index in [0.29, 0.717) is 11.8 Å². The van der Waals surface area contributed by atoms with Crippen LogP contribution in [-0.4, -0.2) is 38.6 Å². The molecule has 3 nitrogen and oxygen atoms in total. The predicted octanol–water partition coefficient (Wildman–Crippen LogP) is 5.47. The fraction of sp³-hybridized carbons (Fsp3) is 1.00. The smallest absolute Gasteiger partial charge is 0.0596 e. The Morgan fingerprint density at radius 2 is 1.04 bits per heavy atom. The monoisotopic (exact) mass is 330 g/mol. The lowest BCUT2D eigenvalue weighted by molar-refractivity contribution is -0.0431. The molecular weight excluding hydrogens is 288 g/mol. The van der Waals surface area contributed by atoms with E-state index in [1.54, 1.807) is 0 Å². The Morgan fingerprint density at radius 3 is 1.35 bits per heavy atom. The van der Waals surface area contributed by atoms with Crippen molar-refractivity contribution < 1.29 is 14.2 Å². The molecule has 0 aromatic heterocycles. The van der Waals surface area contributed by atoms with E-state index in [9.17, 15) is 0 Å². The molecule has 0 fully saturated rings. The molecule has 0 saturated heterocycles. The molecule has 0 aromatic rings. The van der Waals surface area contributed by atoms with Crippen LogP contribution in [0.5, 0.6) is 0 Å². The third-order valence-corrected chi connectivity index (χ3v) is 4.71. The van der Waals surface area contributed by atoms with Crippen molar-refractivity contribution >= 4 is 0 Å². The summed E-state index contributed by atoms with van der Waals surface area (Å²) in [7, 11) is 0. The first kappa shape index (κ1) is 22.9. The molecule has 0 bridgehead atoms. The quantitative estimate of drug-likeness (QED) is 0.376. The fourth-order valence-corrected chi connectivity index (χ4v) is 3.01. The number of hydrogen-bond donors (Lipinski definition) is 0. The van der Waals surface area contributed by atoms with Gasteiger partial charge in [-0.2, -0.15) is 0 Å². The number of hydrogen-bond acceptors (Lipinski definition) is 3. The molecule has 0 N–H and O–H groups in total. The van der Waals surface area contributed by atoms with Crippen LogP contribution >= 0.6 is 0 Å². The van der Waals surface area contributed by atoms with Gasteiger partial charge in [-0.3, -0.25) is 0 Å². The molecule has 0 aliphatic heterocycles. The van der Waals surface area contributed by atoms with Gasteiger partial charge >= 0.3 is 0 Å². The fourth-order valence-electron chi connectivity index (χ4n) is 3.01. The minimum atomic E-state index is 0.282.